The maximum Gasteiger partial charge on any atom is 0.327 e. The van der Waals surface area contributed by atoms with Crippen LogP contribution in [0.1, 0.15) is 47.1 Å². The number of hydrazine groups is 1. The van der Waals surface area contributed by atoms with Gasteiger partial charge in [-0.05, 0) is 43.9 Å². The number of amides is 3. The van der Waals surface area contributed by atoms with Crippen molar-refractivity contribution in [2.24, 2.45) is 0 Å². The molecule has 0 aliphatic carbocycles. The quantitative estimate of drug-likeness (QED) is 0.566. The van der Waals surface area contributed by atoms with Gasteiger partial charge in [0.2, 0.25) is 0 Å². The van der Waals surface area contributed by atoms with Crippen LogP contribution in [0.15, 0.2) is 24.3 Å². The average molecular weight is 349 g/mol. The van der Waals surface area contributed by atoms with Crippen LogP contribution in [0.5, 0.6) is 5.75 Å². The molecule has 1 aromatic rings. The van der Waals surface area contributed by atoms with E-state index >= 15 is 0 Å². The summed E-state index contributed by atoms with van der Waals surface area (Å²) in [7, 11) is 0. The number of nitrogens with one attached hydrogen (secondary N) is 3. The number of ether oxygens (including phenoxy) is 1. The lowest BCUT2D eigenvalue weighted by Crippen LogP contribution is -2.52. The van der Waals surface area contributed by atoms with E-state index in [-0.39, 0.29) is 11.5 Å². The zero-order chi connectivity index (χ0) is 19.2. The molecule has 0 radical (unpaired) electrons. The molecule has 3 N–H and O–H groups in total. The van der Waals surface area contributed by atoms with Crippen LogP contribution < -0.4 is 20.9 Å². The first-order valence-electron chi connectivity index (χ1n) is 8.18. The molecule has 0 unspecified atom stereocenters. The highest BCUT2D eigenvalue weighted by Crippen LogP contribution is 2.24. The van der Waals surface area contributed by atoms with Crippen LogP contribution in [0.2, 0.25) is 0 Å². The molecule has 0 fully saturated rings. The molecule has 0 spiro atoms. The Hall–Kier alpha value is -2.57. The van der Waals surface area contributed by atoms with Crippen molar-refractivity contribution in [2.45, 2.75) is 59.1 Å². The Kier molecular flexibility index (Phi) is 6.97. The monoisotopic (exact) mass is 349 g/mol. The van der Waals surface area contributed by atoms with Crippen LogP contribution in [-0.4, -0.2) is 29.9 Å². The highest BCUT2D eigenvalue weighted by Gasteiger charge is 2.19. The number of carbonyl (C=O) groups is 3. The van der Waals surface area contributed by atoms with Crippen LogP contribution in [0.25, 0.3) is 0 Å². The van der Waals surface area contributed by atoms with Gasteiger partial charge in [0.1, 0.15) is 5.75 Å². The van der Waals surface area contributed by atoms with Crippen molar-refractivity contribution in [3.8, 4) is 5.75 Å². The largest absolute Gasteiger partial charge is 0.481 e. The van der Waals surface area contributed by atoms with Gasteiger partial charge in [-0.2, -0.15) is 0 Å². The summed E-state index contributed by atoms with van der Waals surface area (Å²) in [4.78, 5) is 34.9. The second-order valence-electron chi connectivity index (χ2n) is 7.11. The predicted molar refractivity (Wildman–Crippen MR) is 94.8 cm³/mol. The molecule has 3 amide bonds. The summed E-state index contributed by atoms with van der Waals surface area (Å²) in [5.41, 5.74) is 5.40. The minimum absolute atomic E-state index is 0.0301. The van der Waals surface area contributed by atoms with Gasteiger partial charge in [-0.3, -0.25) is 25.2 Å². The first-order chi connectivity index (χ1) is 11.5. The smallest absolute Gasteiger partial charge is 0.327 e. The van der Waals surface area contributed by atoms with Crippen molar-refractivity contribution >= 4 is 17.7 Å². The topological polar surface area (TPSA) is 96.5 Å². The van der Waals surface area contributed by atoms with Crippen molar-refractivity contribution in [1.29, 1.82) is 0 Å². The Bertz CT molecular complexity index is 618. The van der Waals surface area contributed by atoms with Crippen LogP contribution in [0.4, 0.5) is 0 Å². The first-order valence-corrected chi connectivity index (χ1v) is 8.18. The number of benzene rings is 1. The molecular weight excluding hydrogens is 322 g/mol. The molecule has 138 valence electrons. The SMILES string of the molecule is CC(C)NC(=O)C(=O)NNC(=O)[C@H](C)Oc1ccc(C(C)(C)C)cc1. The Balaban J connectivity index is 2.51. The summed E-state index contributed by atoms with van der Waals surface area (Å²) in [5.74, 6) is -1.78. The predicted octanol–water partition coefficient (Wildman–Crippen LogP) is 1.42. The maximum absolute atomic E-state index is 11.9. The Morgan fingerprint density at radius 1 is 0.920 bits per heavy atom. The third kappa shape index (κ3) is 6.82. The van der Waals surface area contributed by atoms with Crippen LogP contribution in [0.3, 0.4) is 0 Å². The summed E-state index contributed by atoms with van der Waals surface area (Å²) < 4.78 is 5.54. The van der Waals surface area contributed by atoms with E-state index in [0.717, 1.165) is 5.56 Å². The molecule has 0 aliphatic heterocycles. The lowest BCUT2D eigenvalue weighted by molar-refractivity contribution is -0.141. The third-order valence-electron chi connectivity index (χ3n) is 3.33. The summed E-state index contributed by atoms with van der Waals surface area (Å²) in [6.45, 7) is 11.3. The Morgan fingerprint density at radius 3 is 1.96 bits per heavy atom. The van der Waals surface area contributed by atoms with Gasteiger partial charge in [0.25, 0.3) is 5.91 Å². The fraction of sp³-hybridized carbons (Fsp3) is 0.500. The first kappa shape index (κ1) is 20.5. The number of rotatable bonds is 4. The fourth-order valence-corrected chi connectivity index (χ4v) is 1.90. The number of hydrogen-bond donors (Lipinski definition) is 3. The maximum atomic E-state index is 11.9. The standard InChI is InChI=1S/C18H27N3O4/c1-11(2)19-16(23)17(24)21-20-15(22)12(3)25-14-9-7-13(8-10-14)18(4,5)6/h7-12H,1-6H3,(H,19,23)(H,20,22)(H,21,24)/t12-/m0/s1. The van der Waals surface area contributed by atoms with E-state index in [1.54, 1.807) is 32.9 Å². The van der Waals surface area contributed by atoms with E-state index in [1.165, 1.54) is 0 Å². The Labute approximate surface area is 148 Å². The summed E-state index contributed by atoms with van der Waals surface area (Å²) in [6, 6.07) is 7.29. The lowest BCUT2D eigenvalue weighted by atomic mass is 9.87. The lowest BCUT2D eigenvalue weighted by Gasteiger charge is -2.20. The molecule has 0 aromatic heterocycles. The van der Waals surface area contributed by atoms with Gasteiger partial charge in [-0.1, -0.05) is 32.9 Å². The zero-order valence-corrected chi connectivity index (χ0v) is 15.6. The van der Waals surface area contributed by atoms with E-state index in [9.17, 15) is 14.4 Å². The van der Waals surface area contributed by atoms with E-state index in [0.29, 0.717) is 5.75 Å². The number of carbonyl (C=O) groups excluding carboxylic acids is 3. The molecule has 7 nitrogen and oxygen atoms in total. The van der Waals surface area contributed by atoms with Crippen LogP contribution >= 0.6 is 0 Å². The van der Waals surface area contributed by atoms with Crippen molar-refractivity contribution in [2.75, 3.05) is 0 Å². The minimum atomic E-state index is -0.941. The average Bonchev–Trinajstić information content (AvgIpc) is 2.51. The van der Waals surface area contributed by atoms with Crippen molar-refractivity contribution in [3.63, 3.8) is 0 Å². The van der Waals surface area contributed by atoms with Crippen molar-refractivity contribution in [1.82, 2.24) is 16.2 Å². The molecular formula is C18H27N3O4. The highest BCUT2D eigenvalue weighted by molar-refractivity contribution is 6.35. The summed E-state index contributed by atoms with van der Waals surface area (Å²) in [6.07, 6.45) is -0.839. The number of hydrogen-bond acceptors (Lipinski definition) is 4. The molecule has 1 aromatic carbocycles. The van der Waals surface area contributed by atoms with Crippen molar-refractivity contribution < 1.29 is 19.1 Å². The van der Waals surface area contributed by atoms with E-state index in [4.69, 9.17) is 4.74 Å². The minimum Gasteiger partial charge on any atom is -0.481 e. The molecule has 0 heterocycles. The van der Waals surface area contributed by atoms with E-state index in [1.807, 2.05) is 12.1 Å². The molecule has 25 heavy (non-hydrogen) atoms. The molecule has 0 bridgehead atoms. The van der Waals surface area contributed by atoms with Gasteiger partial charge in [0.05, 0.1) is 0 Å². The fourth-order valence-electron chi connectivity index (χ4n) is 1.90. The van der Waals surface area contributed by atoms with Gasteiger partial charge < -0.3 is 10.1 Å². The highest BCUT2D eigenvalue weighted by atomic mass is 16.5. The molecule has 0 saturated heterocycles. The molecule has 1 rings (SSSR count). The third-order valence-corrected chi connectivity index (χ3v) is 3.33. The normalized spacial score (nSPS) is 12.3. The van der Waals surface area contributed by atoms with Crippen molar-refractivity contribution in [3.05, 3.63) is 29.8 Å². The molecule has 0 saturated carbocycles. The van der Waals surface area contributed by atoms with Gasteiger partial charge in [-0.25, -0.2) is 0 Å². The van der Waals surface area contributed by atoms with Crippen LogP contribution in [0, 0.1) is 0 Å². The van der Waals surface area contributed by atoms with Gasteiger partial charge in [0, 0.05) is 6.04 Å². The summed E-state index contributed by atoms with van der Waals surface area (Å²) in [5, 5.41) is 2.42. The Morgan fingerprint density at radius 2 is 1.48 bits per heavy atom. The van der Waals surface area contributed by atoms with E-state index < -0.39 is 23.8 Å². The molecule has 0 aliphatic rings. The van der Waals surface area contributed by atoms with Gasteiger partial charge >= 0.3 is 11.8 Å². The second-order valence-corrected chi connectivity index (χ2v) is 7.11. The zero-order valence-electron chi connectivity index (χ0n) is 15.6. The molecule has 7 heteroatoms. The van der Waals surface area contributed by atoms with Crippen LogP contribution in [-0.2, 0) is 19.8 Å². The van der Waals surface area contributed by atoms with E-state index in [2.05, 4.69) is 36.9 Å². The van der Waals surface area contributed by atoms with Gasteiger partial charge in [-0.15, -0.1) is 0 Å². The summed E-state index contributed by atoms with van der Waals surface area (Å²) >= 11 is 0. The second kappa shape index (κ2) is 8.50. The molecule has 1 atom stereocenters. The van der Waals surface area contributed by atoms with Gasteiger partial charge in [0.15, 0.2) is 6.10 Å².